The zero-order valence-electron chi connectivity index (χ0n) is 30.5. The van der Waals surface area contributed by atoms with Crippen molar-refractivity contribution in [3.05, 3.63) is 11.6 Å². The van der Waals surface area contributed by atoms with Crippen molar-refractivity contribution in [2.75, 3.05) is 13.2 Å². The van der Waals surface area contributed by atoms with Crippen molar-refractivity contribution >= 4 is 11.8 Å². The molecule has 0 radical (unpaired) electrons. The molecule has 4 aliphatic carbocycles. The van der Waals surface area contributed by atoms with Gasteiger partial charge >= 0.3 is 0 Å². The molecule has 0 saturated heterocycles. The minimum absolute atomic E-state index is 0.0360. The molecule has 3 fully saturated rings. The summed E-state index contributed by atoms with van der Waals surface area (Å²) in [5, 5.41) is 5.98. The van der Waals surface area contributed by atoms with Gasteiger partial charge < -0.3 is 15.4 Å². The highest BCUT2D eigenvalue weighted by Crippen LogP contribution is 2.67. The van der Waals surface area contributed by atoms with Gasteiger partial charge in [-0.25, -0.2) is 0 Å². The number of hydrogen-bond acceptors (Lipinski definition) is 3. The number of fused-ring (bicyclic) bond motifs is 5. The number of allylic oxidation sites excluding steroid dienone is 1. The van der Waals surface area contributed by atoms with Crippen LogP contribution in [0.1, 0.15) is 152 Å². The lowest BCUT2D eigenvalue weighted by atomic mass is 9.47. The largest absolute Gasteiger partial charge is 0.378 e. The van der Waals surface area contributed by atoms with Gasteiger partial charge in [0.05, 0.1) is 6.10 Å². The van der Waals surface area contributed by atoms with Gasteiger partial charge in [0, 0.05) is 32.0 Å². The zero-order chi connectivity index (χ0) is 32.8. The molecule has 258 valence electrons. The Labute approximate surface area is 277 Å². The lowest BCUT2D eigenvalue weighted by molar-refractivity contribution is -0.126. The van der Waals surface area contributed by atoms with Gasteiger partial charge in [-0.2, -0.15) is 0 Å². The highest BCUT2D eigenvalue weighted by molar-refractivity contribution is 5.83. The zero-order valence-corrected chi connectivity index (χ0v) is 30.5. The van der Waals surface area contributed by atoms with E-state index in [2.05, 4.69) is 65.2 Å². The third kappa shape index (κ3) is 9.17. The van der Waals surface area contributed by atoms with Crippen molar-refractivity contribution in [2.45, 2.75) is 164 Å². The number of carbonyl (C=O) groups excluding carboxylic acids is 2. The Morgan fingerprint density at radius 1 is 0.889 bits per heavy atom. The quantitative estimate of drug-likeness (QED) is 0.133. The van der Waals surface area contributed by atoms with E-state index in [4.69, 9.17) is 4.74 Å². The van der Waals surface area contributed by atoms with Crippen molar-refractivity contribution in [2.24, 2.45) is 52.3 Å². The minimum atomic E-state index is -0.0465. The molecule has 0 aromatic rings. The number of nitrogens with one attached hydrogen (secondary N) is 2. The minimum Gasteiger partial charge on any atom is -0.378 e. The van der Waals surface area contributed by atoms with Gasteiger partial charge in [-0.3, -0.25) is 9.59 Å². The molecule has 2 N–H and O–H groups in total. The van der Waals surface area contributed by atoms with Crippen LogP contribution in [0, 0.1) is 52.3 Å². The Hall–Kier alpha value is -1.36. The van der Waals surface area contributed by atoms with Crippen molar-refractivity contribution in [1.29, 1.82) is 0 Å². The van der Waals surface area contributed by atoms with E-state index in [1.807, 2.05) is 6.92 Å². The molecule has 4 aliphatic rings. The highest BCUT2D eigenvalue weighted by atomic mass is 16.5. The highest BCUT2D eigenvalue weighted by Gasteiger charge is 2.59. The average molecular weight is 627 g/mol. The first-order valence-electron chi connectivity index (χ1n) is 19.2. The van der Waals surface area contributed by atoms with Crippen LogP contribution in [0.25, 0.3) is 0 Å². The second kappa shape index (κ2) is 16.2. The van der Waals surface area contributed by atoms with Crippen molar-refractivity contribution < 1.29 is 14.3 Å². The Balaban J connectivity index is 1.18. The summed E-state index contributed by atoms with van der Waals surface area (Å²) in [6, 6.07) is 0.151. The molecule has 45 heavy (non-hydrogen) atoms. The van der Waals surface area contributed by atoms with Gasteiger partial charge in [-0.1, -0.05) is 79.4 Å². The first-order chi connectivity index (χ1) is 21.3. The van der Waals surface area contributed by atoms with Gasteiger partial charge in [0.1, 0.15) is 0 Å². The number of rotatable bonds is 16. The normalized spacial score (nSPS) is 34.0. The summed E-state index contributed by atoms with van der Waals surface area (Å²) >= 11 is 0. The first-order valence-corrected chi connectivity index (χ1v) is 19.2. The molecule has 0 aliphatic heterocycles. The van der Waals surface area contributed by atoms with Gasteiger partial charge in [0.25, 0.3) is 0 Å². The van der Waals surface area contributed by atoms with E-state index in [0.29, 0.717) is 36.0 Å². The van der Waals surface area contributed by atoms with E-state index in [1.54, 1.807) is 5.57 Å². The molecule has 7 unspecified atom stereocenters. The number of carbonyl (C=O) groups is 2. The second-order valence-electron chi connectivity index (χ2n) is 17.3. The van der Waals surface area contributed by atoms with Crippen LogP contribution in [0.2, 0.25) is 0 Å². The summed E-state index contributed by atoms with van der Waals surface area (Å²) in [7, 11) is 0. The van der Waals surface area contributed by atoms with Crippen LogP contribution in [0.4, 0.5) is 0 Å². The van der Waals surface area contributed by atoms with Crippen LogP contribution in [-0.2, 0) is 14.3 Å². The molecule has 0 aromatic heterocycles. The Morgan fingerprint density at radius 2 is 1.64 bits per heavy atom. The number of ether oxygens (including phenoxy) is 1. The lowest BCUT2D eigenvalue weighted by Gasteiger charge is -2.58. The smallest absolute Gasteiger partial charge is 0.220 e. The van der Waals surface area contributed by atoms with Crippen LogP contribution >= 0.6 is 0 Å². The summed E-state index contributed by atoms with van der Waals surface area (Å²) in [6.45, 7) is 20.3. The fourth-order valence-electron chi connectivity index (χ4n) is 10.8. The van der Waals surface area contributed by atoms with E-state index in [9.17, 15) is 9.59 Å². The van der Waals surface area contributed by atoms with E-state index >= 15 is 0 Å². The molecule has 0 bridgehead atoms. The molecule has 5 nitrogen and oxygen atoms in total. The first kappa shape index (κ1) is 36.5. The maximum absolute atomic E-state index is 12.2. The third-order valence-corrected chi connectivity index (χ3v) is 13.1. The van der Waals surface area contributed by atoms with Gasteiger partial charge in [0.2, 0.25) is 11.8 Å². The van der Waals surface area contributed by atoms with Crippen LogP contribution in [0.15, 0.2) is 11.6 Å². The summed E-state index contributed by atoms with van der Waals surface area (Å²) in [6.07, 6.45) is 20.0. The molecule has 0 aromatic carbocycles. The molecule has 0 heterocycles. The van der Waals surface area contributed by atoms with Gasteiger partial charge in [-0.05, 0) is 123 Å². The topological polar surface area (TPSA) is 67.4 Å². The van der Waals surface area contributed by atoms with E-state index < -0.39 is 0 Å². The molecule has 2 amide bonds. The maximum Gasteiger partial charge on any atom is 0.220 e. The molecule has 0 spiro atoms. The van der Waals surface area contributed by atoms with Crippen LogP contribution < -0.4 is 10.6 Å². The monoisotopic (exact) mass is 627 g/mol. The lowest BCUT2D eigenvalue weighted by Crippen LogP contribution is -2.51. The second-order valence-corrected chi connectivity index (χ2v) is 17.3. The number of hydrogen-bond donors (Lipinski definition) is 2. The van der Waals surface area contributed by atoms with Crippen LogP contribution in [0.5, 0.6) is 0 Å². The number of amides is 2. The van der Waals surface area contributed by atoms with Crippen molar-refractivity contribution in [1.82, 2.24) is 10.6 Å². The molecule has 3 saturated carbocycles. The average Bonchev–Trinajstić information content (AvgIpc) is 3.32. The Morgan fingerprint density at radius 3 is 2.38 bits per heavy atom. The van der Waals surface area contributed by atoms with Gasteiger partial charge in [0.15, 0.2) is 0 Å². The van der Waals surface area contributed by atoms with Gasteiger partial charge in [-0.15, -0.1) is 0 Å². The molecular formula is C40H70N2O3. The van der Waals surface area contributed by atoms with Crippen LogP contribution in [-0.4, -0.2) is 37.1 Å². The summed E-state index contributed by atoms with van der Waals surface area (Å²) < 4.78 is 6.38. The van der Waals surface area contributed by atoms with Crippen molar-refractivity contribution in [3.63, 3.8) is 0 Å². The molecule has 4 rings (SSSR count). The Bertz CT molecular complexity index is 1010. The van der Waals surface area contributed by atoms with Crippen LogP contribution in [0.3, 0.4) is 0 Å². The fourth-order valence-corrected chi connectivity index (χ4v) is 10.8. The summed E-state index contributed by atoms with van der Waals surface area (Å²) in [5.41, 5.74) is 2.60. The molecule has 9 atom stereocenters. The molecular weight excluding hydrogens is 556 g/mol. The predicted octanol–water partition coefficient (Wildman–Crippen LogP) is 9.25. The maximum atomic E-state index is 12.2. The summed E-state index contributed by atoms with van der Waals surface area (Å²) in [5.74, 6) is 5.72. The molecule has 5 heteroatoms. The van der Waals surface area contributed by atoms with E-state index in [0.717, 1.165) is 61.2 Å². The standard InChI is InChI=1S/C40H70N2O3/c1-27(2)11-9-12-29(5)34-15-16-35-33-14-13-31-26-32(19-21-39(31,7)36(33)20-22-40(34,35)8)45-24-10-23-41-37(43)17-18-38(44)42-30(6)25-28(3)4/h13,27-30,32-36H,9-12,14-26H2,1-8H3,(H,41,43)(H,42,44)/t29?,30?,32-,33?,34?,35?,36?,39-,40?/m0/s1. The third-order valence-electron chi connectivity index (χ3n) is 13.1. The van der Waals surface area contributed by atoms with E-state index in [1.165, 1.54) is 57.8 Å². The van der Waals surface area contributed by atoms with E-state index in [-0.39, 0.29) is 30.7 Å². The predicted molar refractivity (Wildman–Crippen MR) is 187 cm³/mol. The summed E-state index contributed by atoms with van der Waals surface area (Å²) in [4.78, 5) is 24.4. The fraction of sp³-hybridized carbons (Fsp3) is 0.900. The van der Waals surface area contributed by atoms with Crippen molar-refractivity contribution in [3.8, 4) is 0 Å². The SMILES string of the molecule is CC(C)CCCC(C)C1CCC2C3CC=C4C[C@@H](OCCCNC(=O)CCC(=O)NC(C)CC(C)C)CC[C@]4(C)C3CCC12C. The Kier molecular flexibility index (Phi) is 13.1.